The van der Waals surface area contributed by atoms with Crippen molar-refractivity contribution in [2.45, 2.75) is 33.4 Å². The third-order valence-electron chi connectivity index (χ3n) is 3.48. The maximum atomic E-state index is 5.59. The Morgan fingerprint density at radius 1 is 1.20 bits per heavy atom. The van der Waals surface area contributed by atoms with Crippen LogP contribution in [0.4, 0.5) is 5.69 Å². The summed E-state index contributed by atoms with van der Waals surface area (Å²) in [7, 11) is 2.12. The van der Waals surface area contributed by atoms with Gasteiger partial charge in [0.25, 0.3) is 0 Å². The zero-order valence-electron chi connectivity index (χ0n) is 12.6. The molecular weight excluding hydrogens is 248 g/mol. The topological polar surface area (TPSA) is 28.4 Å². The van der Waals surface area contributed by atoms with E-state index in [1.54, 1.807) is 6.26 Å². The van der Waals surface area contributed by atoms with Gasteiger partial charge in [0, 0.05) is 24.8 Å². The number of hydrogen-bond acceptors (Lipinski definition) is 3. The highest BCUT2D eigenvalue weighted by Crippen LogP contribution is 2.21. The van der Waals surface area contributed by atoms with Gasteiger partial charge < -0.3 is 14.6 Å². The standard InChI is InChI=1S/C17H24N2O/c1-4-10-18-12-17-15(9-11-20-17)13-19(3)16-8-6-5-7-14(16)2/h5-9,11,18H,4,10,12-13H2,1-3H3. The van der Waals surface area contributed by atoms with Gasteiger partial charge in [0.1, 0.15) is 5.76 Å². The van der Waals surface area contributed by atoms with Crippen LogP contribution in [0.1, 0.15) is 30.2 Å². The van der Waals surface area contributed by atoms with Crippen LogP contribution in [0.5, 0.6) is 0 Å². The molecule has 1 aromatic carbocycles. The maximum Gasteiger partial charge on any atom is 0.122 e. The molecule has 0 saturated heterocycles. The van der Waals surface area contributed by atoms with Gasteiger partial charge in [0.05, 0.1) is 12.8 Å². The minimum absolute atomic E-state index is 0.803. The van der Waals surface area contributed by atoms with E-state index < -0.39 is 0 Å². The molecule has 0 unspecified atom stereocenters. The Balaban J connectivity index is 2.03. The fourth-order valence-electron chi connectivity index (χ4n) is 2.37. The molecular formula is C17H24N2O. The van der Waals surface area contributed by atoms with Crippen molar-refractivity contribution in [3.63, 3.8) is 0 Å². The number of nitrogens with one attached hydrogen (secondary N) is 1. The molecule has 0 aliphatic rings. The first-order valence-corrected chi connectivity index (χ1v) is 7.25. The van der Waals surface area contributed by atoms with Crippen LogP contribution in [0.15, 0.2) is 41.0 Å². The summed E-state index contributed by atoms with van der Waals surface area (Å²) < 4.78 is 5.59. The third-order valence-corrected chi connectivity index (χ3v) is 3.48. The van der Waals surface area contributed by atoms with Gasteiger partial charge in [-0.3, -0.25) is 0 Å². The SMILES string of the molecule is CCCNCc1occc1CN(C)c1ccccc1C. The Bertz CT molecular complexity index is 533. The zero-order chi connectivity index (χ0) is 14.4. The maximum absolute atomic E-state index is 5.59. The third kappa shape index (κ3) is 3.64. The van der Waals surface area contributed by atoms with E-state index in [9.17, 15) is 0 Å². The molecule has 0 aliphatic heterocycles. The zero-order valence-corrected chi connectivity index (χ0v) is 12.6. The van der Waals surface area contributed by atoms with E-state index in [2.05, 4.69) is 61.4 Å². The van der Waals surface area contributed by atoms with E-state index in [0.29, 0.717) is 0 Å². The lowest BCUT2D eigenvalue weighted by Crippen LogP contribution is -2.19. The summed E-state index contributed by atoms with van der Waals surface area (Å²) in [5, 5.41) is 3.39. The number of rotatable bonds is 7. The van der Waals surface area contributed by atoms with Crippen LogP contribution in [0.2, 0.25) is 0 Å². The largest absolute Gasteiger partial charge is 0.468 e. The molecule has 0 radical (unpaired) electrons. The van der Waals surface area contributed by atoms with Gasteiger partial charge in [-0.25, -0.2) is 0 Å². The number of para-hydroxylation sites is 1. The van der Waals surface area contributed by atoms with E-state index in [1.165, 1.54) is 16.8 Å². The number of anilines is 1. The molecule has 0 atom stereocenters. The molecule has 108 valence electrons. The Labute approximate surface area is 121 Å². The molecule has 0 amide bonds. The van der Waals surface area contributed by atoms with E-state index in [0.717, 1.165) is 31.8 Å². The van der Waals surface area contributed by atoms with Crippen molar-refractivity contribution < 1.29 is 4.42 Å². The van der Waals surface area contributed by atoms with Crippen molar-refractivity contribution in [2.75, 3.05) is 18.5 Å². The minimum Gasteiger partial charge on any atom is -0.468 e. The van der Waals surface area contributed by atoms with Crippen LogP contribution < -0.4 is 10.2 Å². The number of furan rings is 1. The first-order valence-electron chi connectivity index (χ1n) is 7.25. The van der Waals surface area contributed by atoms with Crippen LogP contribution in [-0.4, -0.2) is 13.6 Å². The van der Waals surface area contributed by atoms with Gasteiger partial charge in [-0.1, -0.05) is 25.1 Å². The number of nitrogens with zero attached hydrogens (tertiary/aromatic N) is 1. The molecule has 3 nitrogen and oxygen atoms in total. The van der Waals surface area contributed by atoms with Gasteiger partial charge in [-0.15, -0.1) is 0 Å². The Morgan fingerprint density at radius 2 is 2.00 bits per heavy atom. The molecule has 1 aromatic heterocycles. The summed E-state index contributed by atoms with van der Waals surface area (Å²) in [5.41, 5.74) is 3.81. The molecule has 0 spiro atoms. The lowest BCUT2D eigenvalue weighted by molar-refractivity contribution is 0.478. The second kappa shape index (κ2) is 7.15. The molecule has 0 aliphatic carbocycles. The smallest absolute Gasteiger partial charge is 0.122 e. The lowest BCUT2D eigenvalue weighted by atomic mass is 10.1. The average Bonchev–Trinajstić information content (AvgIpc) is 2.87. The molecule has 2 aromatic rings. The molecule has 0 saturated carbocycles. The van der Waals surface area contributed by atoms with Crippen molar-refractivity contribution in [2.24, 2.45) is 0 Å². The summed E-state index contributed by atoms with van der Waals surface area (Å²) in [6.07, 6.45) is 2.92. The summed E-state index contributed by atoms with van der Waals surface area (Å²) in [5.74, 6) is 1.04. The monoisotopic (exact) mass is 272 g/mol. The first-order chi connectivity index (χ1) is 9.72. The van der Waals surface area contributed by atoms with E-state index in [4.69, 9.17) is 4.42 Å². The molecule has 2 rings (SSSR count). The fraction of sp³-hybridized carbons (Fsp3) is 0.412. The van der Waals surface area contributed by atoms with Crippen LogP contribution in [0.25, 0.3) is 0 Å². The van der Waals surface area contributed by atoms with Gasteiger partial charge in [0.15, 0.2) is 0 Å². The molecule has 1 heterocycles. The number of benzene rings is 1. The first kappa shape index (κ1) is 14.7. The fourth-order valence-corrected chi connectivity index (χ4v) is 2.37. The van der Waals surface area contributed by atoms with Gasteiger partial charge in [-0.2, -0.15) is 0 Å². The van der Waals surface area contributed by atoms with Crippen LogP contribution in [0.3, 0.4) is 0 Å². The number of hydrogen-bond donors (Lipinski definition) is 1. The second-order valence-electron chi connectivity index (χ2n) is 5.19. The van der Waals surface area contributed by atoms with Crippen molar-refractivity contribution in [1.29, 1.82) is 0 Å². The quantitative estimate of drug-likeness (QED) is 0.779. The van der Waals surface area contributed by atoms with Crippen LogP contribution in [0, 0.1) is 6.92 Å². The Morgan fingerprint density at radius 3 is 2.75 bits per heavy atom. The van der Waals surface area contributed by atoms with Gasteiger partial charge in [0.2, 0.25) is 0 Å². The molecule has 0 bridgehead atoms. The highest BCUT2D eigenvalue weighted by atomic mass is 16.3. The van der Waals surface area contributed by atoms with E-state index in [1.807, 2.05) is 0 Å². The molecule has 20 heavy (non-hydrogen) atoms. The lowest BCUT2D eigenvalue weighted by Gasteiger charge is -2.21. The highest BCUT2D eigenvalue weighted by molar-refractivity contribution is 5.52. The molecule has 1 N–H and O–H groups in total. The highest BCUT2D eigenvalue weighted by Gasteiger charge is 2.10. The summed E-state index contributed by atoms with van der Waals surface area (Å²) in [4.78, 5) is 2.27. The van der Waals surface area contributed by atoms with Gasteiger partial charge >= 0.3 is 0 Å². The van der Waals surface area contributed by atoms with Gasteiger partial charge in [-0.05, 0) is 37.6 Å². The minimum atomic E-state index is 0.803. The van der Waals surface area contributed by atoms with Crippen molar-refractivity contribution in [3.05, 3.63) is 53.5 Å². The predicted octanol–water partition coefficient (Wildman–Crippen LogP) is 3.72. The predicted molar refractivity (Wildman–Crippen MR) is 84.0 cm³/mol. The summed E-state index contributed by atoms with van der Waals surface area (Å²) >= 11 is 0. The van der Waals surface area contributed by atoms with Crippen LogP contribution in [-0.2, 0) is 13.1 Å². The summed E-state index contributed by atoms with van der Waals surface area (Å²) in [6.45, 7) is 7.00. The van der Waals surface area contributed by atoms with E-state index >= 15 is 0 Å². The van der Waals surface area contributed by atoms with Crippen molar-refractivity contribution >= 4 is 5.69 Å². The van der Waals surface area contributed by atoms with Crippen molar-refractivity contribution in [3.8, 4) is 0 Å². The van der Waals surface area contributed by atoms with E-state index in [-0.39, 0.29) is 0 Å². The second-order valence-corrected chi connectivity index (χ2v) is 5.19. The van der Waals surface area contributed by atoms with Crippen molar-refractivity contribution in [1.82, 2.24) is 5.32 Å². The normalized spacial score (nSPS) is 10.8. The molecule has 0 fully saturated rings. The average molecular weight is 272 g/mol. The summed E-state index contributed by atoms with van der Waals surface area (Å²) in [6, 6.07) is 10.5. The number of aryl methyl sites for hydroxylation is 1. The molecule has 3 heteroatoms. The van der Waals surface area contributed by atoms with Crippen LogP contribution >= 0.6 is 0 Å². The Hall–Kier alpha value is -1.74. The Kier molecular flexibility index (Phi) is 5.24.